The molecule has 0 aliphatic carbocycles. The summed E-state index contributed by atoms with van der Waals surface area (Å²) in [5, 5.41) is 0. The zero-order valence-electron chi connectivity index (χ0n) is 51.1. The summed E-state index contributed by atoms with van der Waals surface area (Å²) in [6.07, 6.45) is 94.1. The molecule has 6 heteroatoms. The van der Waals surface area contributed by atoms with E-state index in [0.717, 1.165) is 173 Å². The summed E-state index contributed by atoms with van der Waals surface area (Å²) in [6, 6.07) is 0. The van der Waals surface area contributed by atoms with Crippen LogP contribution in [0.15, 0.2) is 146 Å². The van der Waals surface area contributed by atoms with Crippen LogP contribution in [0.1, 0.15) is 278 Å². The summed E-state index contributed by atoms with van der Waals surface area (Å²) in [5.41, 5.74) is 0. The standard InChI is InChI=1S/C73H118O6/c1-4-7-10-13-16-19-22-25-28-31-32-33-34-35-36-37-38-39-40-41-42-43-46-48-51-54-57-60-63-66-72(75)78-69-70(79-73(76)67-64-61-58-55-52-49-45-30-27-24-21-18-15-12-9-6-3)68-77-71(74)65-62-59-56-53-50-47-44-29-26-23-20-17-14-11-8-5-2/h7,10,16,19-21,23-25,28-30,32-33,35-36,38-39,41-42,44-46,48,70H,4-6,8-9,11-15,17-18,22,26-27,31,34,37,40,43,47,49-69H2,1-3H3/b10-7-,19-16-,23-20-,24-21-,28-25-,33-32-,36-35-,39-38-,42-41-,44-29-,45-30-,48-46-. The van der Waals surface area contributed by atoms with Gasteiger partial charge in [0.15, 0.2) is 6.10 Å². The van der Waals surface area contributed by atoms with Crippen LogP contribution in [0.5, 0.6) is 0 Å². The second kappa shape index (κ2) is 65.8. The Kier molecular flexibility index (Phi) is 61.9. The van der Waals surface area contributed by atoms with Gasteiger partial charge >= 0.3 is 17.9 Å². The van der Waals surface area contributed by atoms with E-state index in [4.69, 9.17) is 14.2 Å². The normalized spacial score (nSPS) is 13.1. The number of hydrogen-bond donors (Lipinski definition) is 0. The summed E-state index contributed by atoms with van der Waals surface area (Å²) in [6.45, 7) is 6.45. The minimum Gasteiger partial charge on any atom is -0.462 e. The van der Waals surface area contributed by atoms with Gasteiger partial charge in [-0.15, -0.1) is 0 Å². The molecule has 0 N–H and O–H groups in total. The van der Waals surface area contributed by atoms with Crippen molar-refractivity contribution < 1.29 is 28.6 Å². The first kappa shape index (κ1) is 74.3. The van der Waals surface area contributed by atoms with Crippen LogP contribution < -0.4 is 0 Å². The third-order valence-electron chi connectivity index (χ3n) is 13.3. The first-order valence-corrected chi connectivity index (χ1v) is 32.3. The van der Waals surface area contributed by atoms with E-state index < -0.39 is 6.10 Å². The monoisotopic (exact) mass is 1090 g/mol. The van der Waals surface area contributed by atoms with Gasteiger partial charge < -0.3 is 14.2 Å². The zero-order chi connectivity index (χ0) is 57.1. The van der Waals surface area contributed by atoms with Crippen molar-refractivity contribution >= 4 is 17.9 Å². The molecular formula is C73H118O6. The van der Waals surface area contributed by atoms with Gasteiger partial charge in [0.05, 0.1) is 0 Å². The summed E-state index contributed by atoms with van der Waals surface area (Å²) in [7, 11) is 0. The lowest BCUT2D eigenvalue weighted by atomic mass is 10.1. The van der Waals surface area contributed by atoms with Gasteiger partial charge in [0, 0.05) is 19.3 Å². The maximum Gasteiger partial charge on any atom is 0.306 e. The second-order valence-electron chi connectivity index (χ2n) is 20.9. The van der Waals surface area contributed by atoms with Crippen LogP contribution in [0, 0.1) is 0 Å². The molecule has 446 valence electrons. The molecule has 0 radical (unpaired) electrons. The van der Waals surface area contributed by atoms with Crippen LogP contribution in [0.3, 0.4) is 0 Å². The van der Waals surface area contributed by atoms with Gasteiger partial charge in [0.2, 0.25) is 0 Å². The van der Waals surface area contributed by atoms with Gasteiger partial charge in [-0.05, 0) is 148 Å². The Balaban J connectivity index is 4.45. The Morgan fingerprint density at radius 1 is 0.266 bits per heavy atom. The number of hydrogen-bond acceptors (Lipinski definition) is 6. The van der Waals surface area contributed by atoms with E-state index in [1.807, 2.05) is 0 Å². The maximum atomic E-state index is 12.9. The predicted octanol–water partition coefficient (Wildman–Crippen LogP) is 22.3. The van der Waals surface area contributed by atoms with Crippen molar-refractivity contribution in [1.29, 1.82) is 0 Å². The fraction of sp³-hybridized carbons (Fsp3) is 0.630. The Bertz CT molecular complexity index is 1730. The van der Waals surface area contributed by atoms with Gasteiger partial charge in [-0.25, -0.2) is 0 Å². The van der Waals surface area contributed by atoms with Crippen LogP contribution in [0.25, 0.3) is 0 Å². The molecule has 0 spiro atoms. The van der Waals surface area contributed by atoms with E-state index in [0.29, 0.717) is 19.3 Å². The first-order chi connectivity index (χ1) is 39.0. The molecule has 0 aromatic carbocycles. The second-order valence-corrected chi connectivity index (χ2v) is 20.9. The molecule has 0 saturated carbocycles. The van der Waals surface area contributed by atoms with Crippen LogP contribution in [0.4, 0.5) is 0 Å². The van der Waals surface area contributed by atoms with Gasteiger partial charge in [0.1, 0.15) is 13.2 Å². The lowest BCUT2D eigenvalue weighted by Gasteiger charge is -2.18. The average molecular weight is 1090 g/mol. The van der Waals surface area contributed by atoms with Crippen LogP contribution in [-0.4, -0.2) is 37.2 Å². The molecular weight excluding hydrogens is 973 g/mol. The van der Waals surface area contributed by atoms with E-state index in [-0.39, 0.29) is 31.1 Å². The van der Waals surface area contributed by atoms with E-state index in [2.05, 4.69) is 167 Å². The number of ether oxygens (including phenoxy) is 3. The number of carbonyl (C=O) groups excluding carboxylic acids is 3. The highest BCUT2D eigenvalue weighted by atomic mass is 16.6. The number of rotatable bonds is 57. The Labute approximate surface area is 487 Å². The van der Waals surface area contributed by atoms with Gasteiger partial charge in [-0.2, -0.15) is 0 Å². The van der Waals surface area contributed by atoms with E-state index in [1.165, 1.54) is 64.2 Å². The smallest absolute Gasteiger partial charge is 0.306 e. The fourth-order valence-electron chi connectivity index (χ4n) is 8.46. The minimum atomic E-state index is -0.810. The van der Waals surface area contributed by atoms with Crippen molar-refractivity contribution in [3.05, 3.63) is 146 Å². The minimum absolute atomic E-state index is 0.104. The fourth-order valence-corrected chi connectivity index (χ4v) is 8.46. The first-order valence-electron chi connectivity index (χ1n) is 32.3. The molecule has 0 fully saturated rings. The topological polar surface area (TPSA) is 78.9 Å². The van der Waals surface area contributed by atoms with Gasteiger partial charge in [-0.1, -0.05) is 256 Å². The van der Waals surface area contributed by atoms with E-state index >= 15 is 0 Å². The molecule has 0 amide bonds. The van der Waals surface area contributed by atoms with Crippen LogP contribution >= 0.6 is 0 Å². The summed E-state index contributed by atoms with van der Waals surface area (Å²) in [4.78, 5) is 38.3. The number of unbranched alkanes of at least 4 members (excludes halogenated alkanes) is 22. The van der Waals surface area contributed by atoms with Crippen molar-refractivity contribution in [3.8, 4) is 0 Å². The molecule has 0 aliphatic rings. The zero-order valence-corrected chi connectivity index (χ0v) is 51.1. The number of esters is 3. The third kappa shape index (κ3) is 64.0. The predicted molar refractivity (Wildman–Crippen MR) is 343 cm³/mol. The Hall–Kier alpha value is -4.71. The molecule has 0 bridgehead atoms. The Morgan fingerprint density at radius 2 is 0.494 bits per heavy atom. The quantitative estimate of drug-likeness (QED) is 0.0261. The number of carbonyl (C=O) groups is 3. The molecule has 6 nitrogen and oxygen atoms in total. The molecule has 79 heavy (non-hydrogen) atoms. The maximum absolute atomic E-state index is 12.9. The lowest BCUT2D eigenvalue weighted by molar-refractivity contribution is -0.167. The highest BCUT2D eigenvalue weighted by Crippen LogP contribution is 2.14. The molecule has 0 aromatic heterocycles. The molecule has 0 heterocycles. The van der Waals surface area contributed by atoms with E-state index in [9.17, 15) is 14.4 Å². The summed E-state index contributed by atoms with van der Waals surface area (Å²) in [5.74, 6) is -0.956. The van der Waals surface area contributed by atoms with Gasteiger partial charge in [-0.3, -0.25) is 14.4 Å². The van der Waals surface area contributed by atoms with Crippen LogP contribution in [0.2, 0.25) is 0 Å². The van der Waals surface area contributed by atoms with Crippen molar-refractivity contribution in [2.24, 2.45) is 0 Å². The molecule has 0 aliphatic heterocycles. The Morgan fingerprint density at radius 3 is 0.772 bits per heavy atom. The molecule has 1 unspecified atom stereocenters. The molecule has 0 saturated heterocycles. The summed E-state index contributed by atoms with van der Waals surface area (Å²) >= 11 is 0. The van der Waals surface area contributed by atoms with Crippen molar-refractivity contribution in [2.75, 3.05) is 13.2 Å². The van der Waals surface area contributed by atoms with Crippen molar-refractivity contribution in [1.82, 2.24) is 0 Å². The molecule has 1 atom stereocenters. The average Bonchev–Trinajstić information content (AvgIpc) is 3.45. The van der Waals surface area contributed by atoms with Crippen molar-refractivity contribution in [3.63, 3.8) is 0 Å². The highest BCUT2D eigenvalue weighted by Gasteiger charge is 2.19. The van der Waals surface area contributed by atoms with Crippen molar-refractivity contribution in [2.45, 2.75) is 284 Å². The van der Waals surface area contributed by atoms with E-state index in [1.54, 1.807) is 0 Å². The lowest BCUT2D eigenvalue weighted by Crippen LogP contribution is -2.30. The highest BCUT2D eigenvalue weighted by molar-refractivity contribution is 5.71. The SMILES string of the molecule is CC/C=C\C/C=C\C/C=C\C/C=C\C/C=C\C/C=C\C/C=C\C/C=C\CCCCCCC(=O)OCC(COC(=O)CCCCCCC/C=C\C/C=C\CCCCCC)OC(=O)CCCCCCC/C=C\C/C=C\CCCCCC. The number of allylic oxidation sites excluding steroid dienone is 24. The van der Waals surface area contributed by atoms with Gasteiger partial charge in [0.25, 0.3) is 0 Å². The summed E-state index contributed by atoms with van der Waals surface area (Å²) < 4.78 is 16.9. The third-order valence-corrected chi connectivity index (χ3v) is 13.3. The van der Waals surface area contributed by atoms with Crippen LogP contribution in [-0.2, 0) is 28.6 Å². The molecule has 0 aromatic rings. The molecule has 0 rings (SSSR count). The largest absolute Gasteiger partial charge is 0.462 e.